The Hall–Kier alpha value is -1.56. The smallest absolute Gasteiger partial charge is 0.313 e. The van der Waals surface area contributed by atoms with Gasteiger partial charge in [-0.1, -0.05) is 32.9 Å². The number of hydrogen-bond acceptors (Lipinski definition) is 3. The Morgan fingerprint density at radius 1 is 1.24 bits per heavy atom. The summed E-state index contributed by atoms with van der Waals surface area (Å²) in [6, 6.07) is 5.75. The van der Waals surface area contributed by atoms with Crippen molar-refractivity contribution in [1.82, 2.24) is 5.32 Å². The zero-order valence-electron chi connectivity index (χ0n) is 12.4. The lowest BCUT2D eigenvalue weighted by Crippen LogP contribution is -2.37. The molecule has 2 N–H and O–H groups in total. The molecule has 0 saturated heterocycles. The van der Waals surface area contributed by atoms with Crippen molar-refractivity contribution in [3.05, 3.63) is 35.6 Å². The molecule has 0 heterocycles. The Labute approximate surface area is 128 Å². The molecule has 21 heavy (non-hydrogen) atoms. The largest absolute Gasteiger partial charge is 0.481 e. The fourth-order valence-corrected chi connectivity index (χ4v) is 2.43. The van der Waals surface area contributed by atoms with Crippen molar-refractivity contribution in [2.75, 3.05) is 11.5 Å². The van der Waals surface area contributed by atoms with E-state index in [-0.39, 0.29) is 34.7 Å². The number of aliphatic carboxylic acids is 1. The van der Waals surface area contributed by atoms with Crippen LogP contribution in [0.4, 0.5) is 4.39 Å². The maximum Gasteiger partial charge on any atom is 0.313 e. The van der Waals surface area contributed by atoms with E-state index in [0.29, 0.717) is 0 Å². The van der Waals surface area contributed by atoms with Crippen molar-refractivity contribution in [2.24, 2.45) is 5.41 Å². The highest BCUT2D eigenvalue weighted by Crippen LogP contribution is 2.32. The molecule has 1 rings (SSSR count). The van der Waals surface area contributed by atoms with Crippen LogP contribution in [-0.4, -0.2) is 28.5 Å². The number of halogens is 1. The summed E-state index contributed by atoms with van der Waals surface area (Å²) in [6.07, 6.45) is 0. The van der Waals surface area contributed by atoms with Crippen LogP contribution in [0.5, 0.6) is 0 Å². The molecule has 1 unspecified atom stereocenters. The normalized spacial score (nSPS) is 12.8. The first-order chi connectivity index (χ1) is 9.70. The summed E-state index contributed by atoms with van der Waals surface area (Å²) in [5.74, 6) is -1.52. The van der Waals surface area contributed by atoms with Gasteiger partial charge in [0.25, 0.3) is 0 Å². The lowest BCUT2D eigenvalue weighted by Gasteiger charge is -2.32. The first-order valence-corrected chi connectivity index (χ1v) is 7.70. The van der Waals surface area contributed by atoms with Gasteiger partial charge in [-0.25, -0.2) is 4.39 Å². The average molecular weight is 313 g/mol. The second kappa shape index (κ2) is 7.45. The van der Waals surface area contributed by atoms with Gasteiger partial charge >= 0.3 is 5.97 Å². The monoisotopic (exact) mass is 313 g/mol. The van der Waals surface area contributed by atoms with Crippen molar-refractivity contribution >= 4 is 23.6 Å². The van der Waals surface area contributed by atoms with Gasteiger partial charge in [0.15, 0.2) is 0 Å². The molecule has 0 aromatic heterocycles. The van der Waals surface area contributed by atoms with E-state index in [9.17, 15) is 14.0 Å². The van der Waals surface area contributed by atoms with Crippen LogP contribution < -0.4 is 5.32 Å². The maximum atomic E-state index is 13.0. The van der Waals surface area contributed by atoms with E-state index in [1.807, 2.05) is 20.8 Å². The number of hydrogen-bond donors (Lipinski definition) is 2. The lowest BCUT2D eigenvalue weighted by atomic mass is 9.82. The SMILES string of the molecule is CC(C)(C)C(NC(=O)CSCC(=O)O)c1ccc(F)cc1. The summed E-state index contributed by atoms with van der Waals surface area (Å²) in [5.41, 5.74) is 0.575. The number of benzene rings is 1. The molecule has 1 atom stereocenters. The minimum Gasteiger partial charge on any atom is -0.481 e. The Bertz CT molecular complexity index is 497. The van der Waals surface area contributed by atoms with E-state index in [4.69, 9.17) is 5.11 Å². The third-order valence-corrected chi connectivity index (χ3v) is 3.75. The summed E-state index contributed by atoms with van der Waals surface area (Å²) >= 11 is 1.05. The molecule has 0 bridgehead atoms. The first kappa shape index (κ1) is 17.5. The van der Waals surface area contributed by atoms with Gasteiger partial charge in [-0.3, -0.25) is 9.59 Å². The number of amides is 1. The zero-order chi connectivity index (χ0) is 16.0. The highest BCUT2D eigenvalue weighted by atomic mass is 32.2. The summed E-state index contributed by atoms with van der Waals surface area (Å²) in [7, 11) is 0. The van der Waals surface area contributed by atoms with Crippen molar-refractivity contribution in [2.45, 2.75) is 26.8 Å². The molecule has 1 amide bonds. The van der Waals surface area contributed by atoms with Crippen molar-refractivity contribution in [3.63, 3.8) is 0 Å². The molecule has 0 saturated carbocycles. The molecule has 1 aromatic rings. The minimum atomic E-state index is -0.946. The summed E-state index contributed by atoms with van der Waals surface area (Å²) in [6.45, 7) is 5.93. The molecule has 4 nitrogen and oxygen atoms in total. The van der Waals surface area contributed by atoms with Gasteiger partial charge in [0, 0.05) is 0 Å². The molecule has 1 aromatic carbocycles. The van der Waals surface area contributed by atoms with Crippen LogP contribution in [0.3, 0.4) is 0 Å². The number of nitrogens with one attached hydrogen (secondary N) is 1. The predicted molar refractivity (Wildman–Crippen MR) is 81.7 cm³/mol. The van der Waals surface area contributed by atoms with Gasteiger partial charge in [0.2, 0.25) is 5.91 Å². The molecular formula is C15H20FNO3S. The third-order valence-electron chi connectivity index (χ3n) is 2.83. The van der Waals surface area contributed by atoms with Crippen molar-refractivity contribution in [3.8, 4) is 0 Å². The van der Waals surface area contributed by atoms with Gasteiger partial charge in [0.1, 0.15) is 5.82 Å². The Morgan fingerprint density at radius 3 is 2.29 bits per heavy atom. The Kier molecular flexibility index (Phi) is 6.20. The highest BCUT2D eigenvalue weighted by Gasteiger charge is 2.27. The number of carbonyl (C=O) groups is 2. The van der Waals surface area contributed by atoms with E-state index in [2.05, 4.69) is 5.32 Å². The van der Waals surface area contributed by atoms with E-state index in [1.165, 1.54) is 12.1 Å². The van der Waals surface area contributed by atoms with Gasteiger partial charge in [0.05, 0.1) is 17.5 Å². The van der Waals surface area contributed by atoms with Crippen LogP contribution in [0, 0.1) is 11.2 Å². The lowest BCUT2D eigenvalue weighted by molar-refractivity contribution is -0.133. The number of rotatable bonds is 6. The van der Waals surface area contributed by atoms with Crippen molar-refractivity contribution in [1.29, 1.82) is 0 Å². The molecule has 116 valence electrons. The Morgan fingerprint density at radius 2 is 1.81 bits per heavy atom. The van der Waals surface area contributed by atoms with Gasteiger partial charge in [-0.05, 0) is 23.1 Å². The second-order valence-corrected chi connectivity index (χ2v) is 6.79. The van der Waals surface area contributed by atoms with Gasteiger partial charge in [-0.15, -0.1) is 11.8 Å². The quantitative estimate of drug-likeness (QED) is 0.847. The summed E-state index contributed by atoms with van der Waals surface area (Å²) in [4.78, 5) is 22.4. The average Bonchev–Trinajstić information content (AvgIpc) is 2.35. The zero-order valence-corrected chi connectivity index (χ0v) is 13.2. The van der Waals surface area contributed by atoms with Crippen LogP contribution in [0.25, 0.3) is 0 Å². The van der Waals surface area contributed by atoms with Crippen LogP contribution in [-0.2, 0) is 9.59 Å². The molecule has 6 heteroatoms. The number of carboxylic acid groups (broad SMARTS) is 1. The van der Waals surface area contributed by atoms with Gasteiger partial charge in [-0.2, -0.15) is 0 Å². The third kappa shape index (κ3) is 6.16. The highest BCUT2D eigenvalue weighted by molar-refractivity contribution is 8.00. The van der Waals surface area contributed by atoms with Crippen LogP contribution >= 0.6 is 11.8 Å². The molecule has 0 radical (unpaired) electrons. The fourth-order valence-electron chi connectivity index (χ4n) is 1.89. The molecule has 0 aliphatic carbocycles. The second-order valence-electron chi connectivity index (χ2n) is 5.80. The van der Waals surface area contributed by atoms with Gasteiger partial charge < -0.3 is 10.4 Å². The van der Waals surface area contributed by atoms with E-state index in [1.54, 1.807) is 12.1 Å². The minimum absolute atomic E-state index is 0.0834. The first-order valence-electron chi connectivity index (χ1n) is 6.54. The number of thioether (sulfide) groups is 1. The Balaban J connectivity index is 2.73. The van der Waals surface area contributed by atoms with Crippen LogP contribution in [0.15, 0.2) is 24.3 Å². The van der Waals surface area contributed by atoms with Crippen LogP contribution in [0.2, 0.25) is 0 Å². The van der Waals surface area contributed by atoms with E-state index in [0.717, 1.165) is 17.3 Å². The van der Waals surface area contributed by atoms with E-state index < -0.39 is 5.97 Å². The molecule has 0 fully saturated rings. The number of carbonyl (C=O) groups excluding carboxylic acids is 1. The van der Waals surface area contributed by atoms with Crippen molar-refractivity contribution < 1.29 is 19.1 Å². The molecular weight excluding hydrogens is 293 g/mol. The summed E-state index contributed by atoms with van der Waals surface area (Å²) < 4.78 is 13.0. The molecule has 0 aliphatic rings. The molecule has 0 aliphatic heterocycles. The summed E-state index contributed by atoms with van der Waals surface area (Å²) in [5, 5.41) is 11.4. The standard InChI is InChI=1S/C15H20FNO3S/c1-15(2,3)14(10-4-6-11(16)7-5-10)17-12(18)8-21-9-13(19)20/h4-7,14H,8-9H2,1-3H3,(H,17,18)(H,19,20). The topological polar surface area (TPSA) is 66.4 Å². The maximum absolute atomic E-state index is 13.0. The predicted octanol–water partition coefficient (Wildman–Crippen LogP) is 2.85. The van der Waals surface area contributed by atoms with Crippen LogP contribution in [0.1, 0.15) is 32.4 Å². The molecule has 0 spiro atoms. The fraction of sp³-hybridized carbons (Fsp3) is 0.467. The van der Waals surface area contributed by atoms with E-state index >= 15 is 0 Å². The number of carboxylic acids is 1.